The van der Waals surface area contributed by atoms with Crippen LogP contribution in [0.25, 0.3) is 0 Å². The minimum Gasteiger partial charge on any atom is -0.497 e. The third-order valence-electron chi connectivity index (χ3n) is 3.30. The van der Waals surface area contributed by atoms with Crippen LogP contribution in [0.5, 0.6) is 5.75 Å². The Morgan fingerprint density at radius 1 is 1.37 bits per heavy atom. The zero-order valence-corrected chi connectivity index (χ0v) is 11.9. The van der Waals surface area contributed by atoms with E-state index in [-0.39, 0.29) is 18.9 Å². The average molecular weight is 265 g/mol. The van der Waals surface area contributed by atoms with Crippen molar-refractivity contribution < 1.29 is 14.6 Å². The molecule has 1 aliphatic rings. The topological polar surface area (TPSA) is 41.9 Å². The molecule has 19 heavy (non-hydrogen) atoms. The molecular weight excluding hydrogens is 242 g/mol. The lowest BCUT2D eigenvalue weighted by atomic mass is 10.1. The fourth-order valence-electron chi connectivity index (χ4n) is 2.47. The highest BCUT2D eigenvalue weighted by Gasteiger charge is 2.33. The van der Waals surface area contributed by atoms with E-state index in [0.29, 0.717) is 5.92 Å². The summed E-state index contributed by atoms with van der Waals surface area (Å²) in [5, 5.41) is 9.29. The summed E-state index contributed by atoms with van der Waals surface area (Å²) in [6.07, 6.45) is -0.156. The van der Waals surface area contributed by atoms with Crippen LogP contribution in [0.3, 0.4) is 0 Å². The first kappa shape index (κ1) is 14.3. The molecule has 0 bridgehead atoms. The molecule has 1 aliphatic heterocycles. The average Bonchev–Trinajstić information content (AvgIpc) is 2.81. The molecule has 0 amide bonds. The number of rotatable bonds is 5. The van der Waals surface area contributed by atoms with E-state index in [2.05, 4.69) is 18.7 Å². The Hall–Kier alpha value is -1.10. The summed E-state index contributed by atoms with van der Waals surface area (Å²) >= 11 is 0. The molecule has 1 aromatic rings. The predicted octanol–water partition coefficient (Wildman–Crippen LogP) is 2.04. The Labute approximate surface area is 114 Å². The third-order valence-corrected chi connectivity index (χ3v) is 3.30. The van der Waals surface area contributed by atoms with Crippen LogP contribution in [0.4, 0.5) is 0 Å². The number of ether oxygens (including phenoxy) is 2. The van der Waals surface area contributed by atoms with Crippen molar-refractivity contribution in [3.05, 3.63) is 29.8 Å². The Kier molecular flexibility index (Phi) is 4.80. The van der Waals surface area contributed by atoms with Crippen molar-refractivity contribution >= 4 is 0 Å². The fourth-order valence-corrected chi connectivity index (χ4v) is 2.47. The second-order valence-corrected chi connectivity index (χ2v) is 5.41. The lowest BCUT2D eigenvalue weighted by Gasteiger charge is -2.24. The Morgan fingerprint density at radius 2 is 2.05 bits per heavy atom. The standard InChI is InChI=1S/C15H23NO3/c1-11(2)8-16-9-14(10-17)19-15(16)12-4-6-13(18-3)7-5-12/h4-7,11,14-15,17H,8-10H2,1-3H3. The van der Waals surface area contributed by atoms with E-state index in [1.807, 2.05) is 24.3 Å². The van der Waals surface area contributed by atoms with Crippen molar-refractivity contribution in [2.24, 2.45) is 5.92 Å². The van der Waals surface area contributed by atoms with Crippen molar-refractivity contribution in [3.63, 3.8) is 0 Å². The molecule has 0 radical (unpaired) electrons. The van der Waals surface area contributed by atoms with Crippen molar-refractivity contribution in [2.75, 3.05) is 26.8 Å². The molecule has 0 aromatic heterocycles. The molecule has 2 unspecified atom stereocenters. The number of hydrogen-bond donors (Lipinski definition) is 1. The van der Waals surface area contributed by atoms with Gasteiger partial charge in [0.2, 0.25) is 0 Å². The Morgan fingerprint density at radius 3 is 2.58 bits per heavy atom. The monoisotopic (exact) mass is 265 g/mol. The molecule has 2 atom stereocenters. The van der Waals surface area contributed by atoms with E-state index in [0.717, 1.165) is 24.4 Å². The predicted molar refractivity (Wildman–Crippen MR) is 74.1 cm³/mol. The highest BCUT2D eigenvalue weighted by Crippen LogP contribution is 2.31. The summed E-state index contributed by atoms with van der Waals surface area (Å²) in [4.78, 5) is 2.29. The van der Waals surface area contributed by atoms with Crippen LogP contribution < -0.4 is 4.74 Å². The summed E-state index contributed by atoms with van der Waals surface area (Å²) in [6.45, 7) is 6.20. The summed E-state index contributed by atoms with van der Waals surface area (Å²) in [5.74, 6) is 1.41. The molecule has 0 aliphatic carbocycles. The van der Waals surface area contributed by atoms with Crippen molar-refractivity contribution in [1.82, 2.24) is 4.90 Å². The van der Waals surface area contributed by atoms with Gasteiger partial charge in [-0.1, -0.05) is 26.0 Å². The van der Waals surface area contributed by atoms with Crippen molar-refractivity contribution in [1.29, 1.82) is 0 Å². The number of aliphatic hydroxyl groups excluding tert-OH is 1. The number of benzene rings is 1. The number of aliphatic hydroxyl groups is 1. The molecule has 0 saturated carbocycles. The van der Waals surface area contributed by atoms with Gasteiger partial charge in [0.15, 0.2) is 0 Å². The van der Waals surface area contributed by atoms with Crippen LogP contribution in [-0.2, 0) is 4.74 Å². The van der Waals surface area contributed by atoms with Gasteiger partial charge in [-0.15, -0.1) is 0 Å². The van der Waals surface area contributed by atoms with E-state index in [1.165, 1.54) is 0 Å². The van der Waals surface area contributed by atoms with Crippen LogP contribution >= 0.6 is 0 Å². The number of hydrogen-bond acceptors (Lipinski definition) is 4. The molecule has 1 heterocycles. The molecule has 4 nitrogen and oxygen atoms in total. The van der Waals surface area contributed by atoms with Crippen LogP contribution in [0.15, 0.2) is 24.3 Å². The molecule has 1 fully saturated rings. The first-order valence-corrected chi connectivity index (χ1v) is 6.78. The van der Waals surface area contributed by atoms with Crippen LogP contribution in [0.2, 0.25) is 0 Å². The van der Waals surface area contributed by atoms with Gasteiger partial charge in [-0.05, 0) is 23.6 Å². The largest absolute Gasteiger partial charge is 0.497 e. The third kappa shape index (κ3) is 3.47. The maximum Gasteiger partial charge on any atom is 0.137 e. The lowest BCUT2D eigenvalue weighted by Crippen LogP contribution is -2.29. The highest BCUT2D eigenvalue weighted by molar-refractivity contribution is 5.28. The smallest absolute Gasteiger partial charge is 0.137 e. The minimum absolute atomic E-state index is 0.0644. The van der Waals surface area contributed by atoms with Gasteiger partial charge in [0, 0.05) is 13.1 Å². The molecule has 2 rings (SSSR count). The summed E-state index contributed by atoms with van der Waals surface area (Å²) in [5.41, 5.74) is 1.11. The molecule has 4 heteroatoms. The maximum absolute atomic E-state index is 9.29. The zero-order valence-electron chi connectivity index (χ0n) is 11.9. The summed E-state index contributed by atoms with van der Waals surface area (Å²) < 4.78 is 11.1. The first-order chi connectivity index (χ1) is 9.13. The first-order valence-electron chi connectivity index (χ1n) is 6.78. The molecule has 1 saturated heterocycles. The molecule has 1 aromatic carbocycles. The minimum atomic E-state index is -0.0918. The van der Waals surface area contributed by atoms with Crippen molar-refractivity contribution in [2.45, 2.75) is 26.2 Å². The fraction of sp³-hybridized carbons (Fsp3) is 0.600. The normalized spacial score (nSPS) is 24.1. The molecule has 1 N–H and O–H groups in total. The lowest BCUT2D eigenvalue weighted by molar-refractivity contribution is -0.0218. The van der Waals surface area contributed by atoms with Crippen LogP contribution in [-0.4, -0.2) is 42.9 Å². The second-order valence-electron chi connectivity index (χ2n) is 5.41. The summed E-state index contributed by atoms with van der Waals surface area (Å²) in [6, 6.07) is 7.93. The van der Waals surface area contributed by atoms with E-state index in [4.69, 9.17) is 9.47 Å². The molecule has 106 valence electrons. The van der Waals surface area contributed by atoms with Gasteiger partial charge in [0.1, 0.15) is 12.0 Å². The number of nitrogens with zero attached hydrogens (tertiary/aromatic N) is 1. The maximum atomic E-state index is 9.29. The van der Waals surface area contributed by atoms with Gasteiger partial charge < -0.3 is 14.6 Å². The van der Waals surface area contributed by atoms with E-state index >= 15 is 0 Å². The molecule has 0 spiro atoms. The zero-order chi connectivity index (χ0) is 13.8. The van der Waals surface area contributed by atoms with E-state index < -0.39 is 0 Å². The van der Waals surface area contributed by atoms with Gasteiger partial charge >= 0.3 is 0 Å². The Bertz CT molecular complexity index is 391. The second kappa shape index (κ2) is 6.37. The van der Waals surface area contributed by atoms with Crippen molar-refractivity contribution in [3.8, 4) is 5.75 Å². The van der Waals surface area contributed by atoms with E-state index in [9.17, 15) is 5.11 Å². The van der Waals surface area contributed by atoms with Crippen LogP contribution in [0, 0.1) is 5.92 Å². The van der Waals surface area contributed by atoms with Crippen LogP contribution in [0.1, 0.15) is 25.6 Å². The highest BCUT2D eigenvalue weighted by atomic mass is 16.5. The van der Waals surface area contributed by atoms with Gasteiger partial charge in [0.05, 0.1) is 19.8 Å². The van der Waals surface area contributed by atoms with Gasteiger partial charge in [-0.25, -0.2) is 0 Å². The Balaban J connectivity index is 2.14. The summed E-state index contributed by atoms with van der Waals surface area (Å²) in [7, 11) is 1.66. The quantitative estimate of drug-likeness (QED) is 0.884. The molecular formula is C15H23NO3. The van der Waals surface area contributed by atoms with Gasteiger partial charge in [-0.2, -0.15) is 0 Å². The van der Waals surface area contributed by atoms with Gasteiger partial charge in [0.25, 0.3) is 0 Å². The number of methoxy groups -OCH3 is 1. The SMILES string of the molecule is COc1ccc(C2OC(CO)CN2CC(C)C)cc1. The van der Waals surface area contributed by atoms with Gasteiger partial charge in [-0.3, -0.25) is 4.90 Å². The van der Waals surface area contributed by atoms with E-state index in [1.54, 1.807) is 7.11 Å².